The Hall–Kier alpha value is -1.12. The smallest absolute Gasteiger partial charge is 0.223 e. The number of likely N-dealkylation sites (tertiary alicyclic amines) is 1. The van der Waals surface area contributed by atoms with Gasteiger partial charge in [-0.25, -0.2) is 0 Å². The van der Waals surface area contributed by atoms with Crippen molar-refractivity contribution < 1.29 is 9.90 Å². The Kier molecular flexibility index (Phi) is 6.69. The normalized spacial score (nSPS) is 19.2. The quantitative estimate of drug-likeness (QED) is 0.722. The fraction of sp³-hybridized carbons (Fsp3) is 0.846. The van der Waals surface area contributed by atoms with Crippen LogP contribution in [-0.2, 0) is 4.79 Å². The summed E-state index contributed by atoms with van der Waals surface area (Å²) in [6, 6.07) is 2.02. The van der Waals surface area contributed by atoms with Crippen LogP contribution in [0.5, 0.6) is 0 Å². The molecule has 0 spiro atoms. The highest BCUT2D eigenvalue weighted by molar-refractivity contribution is 5.79. The minimum atomic E-state index is -0.117. The molecule has 1 amide bonds. The van der Waals surface area contributed by atoms with E-state index in [0.29, 0.717) is 6.42 Å². The van der Waals surface area contributed by atoms with Gasteiger partial charge in [-0.15, -0.1) is 0 Å². The van der Waals surface area contributed by atoms with Crippen molar-refractivity contribution in [2.24, 2.45) is 5.92 Å². The summed E-state index contributed by atoms with van der Waals surface area (Å²) in [7, 11) is 0. The fourth-order valence-corrected chi connectivity index (χ4v) is 2.22. The Labute approximate surface area is 109 Å². The first-order valence-corrected chi connectivity index (χ1v) is 6.71. The summed E-state index contributed by atoms with van der Waals surface area (Å²) in [5, 5.41) is 20.5. The average Bonchev–Trinajstić information content (AvgIpc) is 2.42. The van der Waals surface area contributed by atoms with E-state index in [-0.39, 0.29) is 24.5 Å². The molecule has 1 aliphatic rings. The van der Waals surface area contributed by atoms with Crippen LogP contribution in [0.25, 0.3) is 0 Å². The molecule has 1 atom stereocenters. The van der Waals surface area contributed by atoms with Gasteiger partial charge in [-0.1, -0.05) is 6.92 Å². The maximum Gasteiger partial charge on any atom is 0.223 e. The van der Waals surface area contributed by atoms with Crippen LogP contribution >= 0.6 is 0 Å². The second kappa shape index (κ2) is 8.06. The average molecular weight is 253 g/mol. The number of nitrogens with zero attached hydrogens (tertiary/aromatic N) is 2. The molecule has 0 aromatic carbocycles. The van der Waals surface area contributed by atoms with Gasteiger partial charge in [0, 0.05) is 18.9 Å². The number of carbonyl (C=O) groups is 1. The molecule has 0 saturated carbocycles. The van der Waals surface area contributed by atoms with E-state index in [4.69, 9.17) is 10.4 Å². The van der Waals surface area contributed by atoms with Gasteiger partial charge >= 0.3 is 0 Å². The van der Waals surface area contributed by atoms with Crippen LogP contribution in [0, 0.1) is 17.2 Å². The van der Waals surface area contributed by atoms with Crippen molar-refractivity contribution in [1.29, 1.82) is 5.26 Å². The Balaban J connectivity index is 2.29. The van der Waals surface area contributed by atoms with Gasteiger partial charge in [0.15, 0.2) is 0 Å². The SMILES string of the molecule is CCC(CO)NC(=O)C1CCN(CCC#N)CC1. The van der Waals surface area contributed by atoms with Crippen LogP contribution in [0.3, 0.4) is 0 Å². The highest BCUT2D eigenvalue weighted by atomic mass is 16.3. The number of hydrogen-bond acceptors (Lipinski definition) is 4. The van der Waals surface area contributed by atoms with E-state index >= 15 is 0 Å². The number of rotatable bonds is 6. The zero-order chi connectivity index (χ0) is 13.4. The third-order valence-electron chi connectivity index (χ3n) is 3.56. The fourth-order valence-electron chi connectivity index (χ4n) is 2.22. The highest BCUT2D eigenvalue weighted by Crippen LogP contribution is 2.17. The number of piperidine rings is 1. The van der Waals surface area contributed by atoms with E-state index in [9.17, 15) is 4.79 Å². The van der Waals surface area contributed by atoms with Crippen molar-refractivity contribution in [3.63, 3.8) is 0 Å². The molecule has 1 heterocycles. The molecule has 1 unspecified atom stereocenters. The molecule has 1 fully saturated rings. The Bertz CT molecular complexity index is 289. The molecule has 102 valence electrons. The van der Waals surface area contributed by atoms with Crippen molar-refractivity contribution in [2.45, 2.75) is 38.6 Å². The number of carbonyl (C=O) groups excluding carboxylic acids is 1. The topological polar surface area (TPSA) is 76.4 Å². The second-order valence-electron chi connectivity index (χ2n) is 4.82. The molecule has 0 aromatic rings. The predicted molar refractivity (Wildman–Crippen MR) is 68.7 cm³/mol. The number of aliphatic hydroxyl groups excluding tert-OH is 1. The zero-order valence-electron chi connectivity index (χ0n) is 11.1. The summed E-state index contributed by atoms with van der Waals surface area (Å²) < 4.78 is 0. The monoisotopic (exact) mass is 253 g/mol. The molecule has 1 saturated heterocycles. The third kappa shape index (κ3) is 4.63. The number of aliphatic hydroxyl groups is 1. The van der Waals surface area contributed by atoms with Gasteiger partial charge in [0.05, 0.1) is 18.7 Å². The molecule has 0 bridgehead atoms. The van der Waals surface area contributed by atoms with Gasteiger partial charge in [0.25, 0.3) is 0 Å². The number of hydrogen-bond donors (Lipinski definition) is 2. The minimum Gasteiger partial charge on any atom is -0.394 e. The van der Waals surface area contributed by atoms with Crippen molar-refractivity contribution in [2.75, 3.05) is 26.2 Å². The lowest BCUT2D eigenvalue weighted by molar-refractivity contribution is -0.127. The lowest BCUT2D eigenvalue weighted by Crippen LogP contribution is -2.44. The summed E-state index contributed by atoms with van der Waals surface area (Å²) in [4.78, 5) is 14.2. The van der Waals surface area contributed by atoms with Gasteiger partial charge in [-0.05, 0) is 32.4 Å². The Morgan fingerprint density at radius 3 is 2.72 bits per heavy atom. The lowest BCUT2D eigenvalue weighted by Gasteiger charge is -2.31. The Morgan fingerprint density at radius 1 is 1.56 bits per heavy atom. The van der Waals surface area contributed by atoms with Gasteiger partial charge in [0.2, 0.25) is 5.91 Å². The van der Waals surface area contributed by atoms with Crippen molar-refractivity contribution in [3.05, 3.63) is 0 Å². The van der Waals surface area contributed by atoms with Gasteiger partial charge in [-0.3, -0.25) is 4.79 Å². The molecule has 5 heteroatoms. The maximum absolute atomic E-state index is 12.0. The second-order valence-corrected chi connectivity index (χ2v) is 4.82. The van der Waals surface area contributed by atoms with E-state index in [1.54, 1.807) is 0 Å². The first-order valence-electron chi connectivity index (χ1n) is 6.71. The molecule has 0 aromatic heterocycles. The third-order valence-corrected chi connectivity index (χ3v) is 3.56. The summed E-state index contributed by atoms with van der Waals surface area (Å²) >= 11 is 0. The molecule has 1 aliphatic heterocycles. The zero-order valence-corrected chi connectivity index (χ0v) is 11.1. The molecule has 0 radical (unpaired) electrons. The summed E-state index contributed by atoms with van der Waals surface area (Å²) in [5.74, 6) is 0.125. The van der Waals surface area contributed by atoms with Crippen LogP contribution in [0.4, 0.5) is 0 Å². The van der Waals surface area contributed by atoms with E-state index < -0.39 is 0 Å². The van der Waals surface area contributed by atoms with E-state index in [1.165, 1.54) is 0 Å². The van der Waals surface area contributed by atoms with Crippen LogP contribution in [0.1, 0.15) is 32.6 Å². The molecule has 2 N–H and O–H groups in total. The van der Waals surface area contributed by atoms with Crippen LogP contribution in [-0.4, -0.2) is 48.2 Å². The lowest BCUT2D eigenvalue weighted by atomic mass is 9.95. The summed E-state index contributed by atoms with van der Waals surface area (Å²) in [6.07, 6.45) is 3.00. The first-order chi connectivity index (χ1) is 8.71. The van der Waals surface area contributed by atoms with Gasteiger partial charge < -0.3 is 15.3 Å². The van der Waals surface area contributed by atoms with Crippen molar-refractivity contribution in [1.82, 2.24) is 10.2 Å². The highest BCUT2D eigenvalue weighted by Gasteiger charge is 2.25. The number of amides is 1. The van der Waals surface area contributed by atoms with Crippen molar-refractivity contribution >= 4 is 5.91 Å². The molecular weight excluding hydrogens is 230 g/mol. The van der Waals surface area contributed by atoms with E-state index in [2.05, 4.69) is 16.3 Å². The van der Waals surface area contributed by atoms with Gasteiger partial charge in [0.1, 0.15) is 0 Å². The van der Waals surface area contributed by atoms with E-state index in [0.717, 1.165) is 38.9 Å². The molecule has 18 heavy (non-hydrogen) atoms. The van der Waals surface area contributed by atoms with Crippen LogP contribution in [0.2, 0.25) is 0 Å². The van der Waals surface area contributed by atoms with Crippen LogP contribution < -0.4 is 5.32 Å². The molecule has 5 nitrogen and oxygen atoms in total. The minimum absolute atomic E-state index is 0.00323. The maximum atomic E-state index is 12.0. The first kappa shape index (κ1) is 14.9. The Morgan fingerprint density at radius 2 is 2.22 bits per heavy atom. The standard InChI is InChI=1S/C13H23N3O2/c1-2-12(10-17)15-13(18)11-4-8-16(9-5-11)7-3-6-14/h11-12,17H,2-5,7-10H2,1H3,(H,15,18). The number of nitrogens with one attached hydrogen (secondary N) is 1. The van der Waals surface area contributed by atoms with Gasteiger partial charge in [-0.2, -0.15) is 5.26 Å². The summed E-state index contributed by atoms with van der Waals surface area (Å²) in [6.45, 7) is 4.53. The van der Waals surface area contributed by atoms with Crippen LogP contribution in [0.15, 0.2) is 0 Å². The number of nitriles is 1. The largest absolute Gasteiger partial charge is 0.394 e. The predicted octanol–water partition coefficient (Wildman–Crippen LogP) is 0.499. The summed E-state index contributed by atoms with van der Waals surface area (Å²) in [5.41, 5.74) is 0. The molecule has 0 aliphatic carbocycles. The van der Waals surface area contributed by atoms with E-state index in [1.807, 2.05) is 6.92 Å². The van der Waals surface area contributed by atoms with Crippen molar-refractivity contribution in [3.8, 4) is 6.07 Å². The molecule has 1 rings (SSSR count). The molecular formula is C13H23N3O2.